The van der Waals surface area contributed by atoms with Gasteiger partial charge in [-0.3, -0.25) is 0 Å². The summed E-state index contributed by atoms with van der Waals surface area (Å²) in [6, 6.07) is 0. The Morgan fingerprint density at radius 3 is 2.75 bits per heavy atom. The molecule has 8 heavy (non-hydrogen) atoms. The molecule has 0 aromatic carbocycles. The second-order valence-corrected chi connectivity index (χ2v) is 3.49. The Balaban J connectivity index is 3.06. The second-order valence-electron chi connectivity index (χ2n) is 1.21. The zero-order chi connectivity index (χ0) is 6.41. The summed E-state index contributed by atoms with van der Waals surface area (Å²) < 4.78 is 5.33. The van der Waals surface area contributed by atoms with Gasteiger partial charge in [0.15, 0.2) is 0 Å². The number of halogens is 1. The number of esters is 1. The molecule has 0 unspecified atom stereocenters. The first-order valence-corrected chi connectivity index (χ1v) is 6.09. The summed E-state index contributed by atoms with van der Waals surface area (Å²) in [5.74, 6) is -0.0391. The zero-order valence-corrected chi connectivity index (χ0v) is 7.27. The molecule has 0 radical (unpaired) electrons. The van der Waals surface area contributed by atoms with Gasteiger partial charge in [-0.25, -0.2) is 0 Å². The molecule has 0 N–H and O–H groups in total. The Bertz CT molecular complexity index is 64.8. The molecule has 3 heteroatoms. The van der Waals surface area contributed by atoms with Crippen LogP contribution in [-0.2, 0) is 9.53 Å². The first-order valence-electron chi connectivity index (χ1n) is 2.40. The van der Waals surface area contributed by atoms with Gasteiger partial charge in [0.1, 0.15) is 0 Å². The van der Waals surface area contributed by atoms with Gasteiger partial charge in [0, 0.05) is 0 Å². The fraction of sp³-hybridized carbons (Fsp3) is 0.800. The van der Waals surface area contributed by atoms with E-state index in [1.165, 1.54) is 0 Å². The van der Waals surface area contributed by atoms with Crippen molar-refractivity contribution in [3.05, 3.63) is 0 Å². The van der Waals surface area contributed by atoms with E-state index in [9.17, 15) is 4.79 Å². The van der Waals surface area contributed by atoms with E-state index in [2.05, 4.69) is 9.67 Å². The van der Waals surface area contributed by atoms with Crippen LogP contribution < -0.4 is 21.2 Å². The molecule has 0 spiro atoms. The Morgan fingerprint density at radius 2 is 2.38 bits per heavy atom. The molecule has 0 heterocycles. The molecule has 0 aromatic rings. The molecule has 0 fully saturated rings. The van der Waals surface area contributed by atoms with E-state index in [1.807, 2.05) is 6.92 Å². The van der Waals surface area contributed by atoms with Crippen molar-refractivity contribution < 1.29 is 30.7 Å². The Labute approximate surface area is 59.9 Å². The van der Waals surface area contributed by atoms with Crippen molar-refractivity contribution in [2.24, 2.45) is 0 Å². The van der Waals surface area contributed by atoms with Crippen molar-refractivity contribution in [3.8, 4) is 0 Å². The molecule has 0 saturated heterocycles. The molecular formula is C5H10IO2-. The van der Waals surface area contributed by atoms with Crippen molar-refractivity contribution >= 4 is 5.97 Å². The van der Waals surface area contributed by atoms with Gasteiger partial charge < -0.3 is 0 Å². The third-order valence-corrected chi connectivity index (χ3v) is 1.93. The average Bonchev–Trinajstić information content (AvgIpc) is 1.68. The van der Waals surface area contributed by atoms with Crippen LogP contribution in [0.1, 0.15) is 6.92 Å². The molecule has 0 saturated carbocycles. The molecule has 0 aliphatic carbocycles. The van der Waals surface area contributed by atoms with E-state index in [0.29, 0.717) is 11.0 Å². The summed E-state index contributed by atoms with van der Waals surface area (Å²) in [5.41, 5.74) is 0. The van der Waals surface area contributed by atoms with Crippen molar-refractivity contribution in [1.29, 1.82) is 0 Å². The molecule has 50 valence electrons. The number of carbonyl (C=O) groups is 1. The van der Waals surface area contributed by atoms with Gasteiger partial charge in [-0.05, 0) is 0 Å². The molecular weight excluding hydrogens is 219 g/mol. The molecule has 0 aromatic heterocycles. The fourth-order valence-corrected chi connectivity index (χ4v) is 1.15. The SMILES string of the molecule is CCOC(=O)C[I-]C. The van der Waals surface area contributed by atoms with Crippen LogP contribution in [0, 0.1) is 0 Å². The van der Waals surface area contributed by atoms with Crippen molar-refractivity contribution in [3.63, 3.8) is 0 Å². The Hall–Kier alpha value is 0.200. The topological polar surface area (TPSA) is 26.3 Å². The molecule has 0 aliphatic rings. The predicted octanol–water partition coefficient (Wildman–Crippen LogP) is -2.73. The Kier molecular flexibility index (Phi) is 5.47. The van der Waals surface area contributed by atoms with Crippen LogP contribution in [0.5, 0.6) is 0 Å². The predicted molar refractivity (Wildman–Crippen MR) is 27.4 cm³/mol. The zero-order valence-electron chi connectivity index (χ0n) is 5.11. The monoisotopic (exact) mass is 229 g/mol. The van der Waals surface area contributed by atoms with Crippen LogP contribution >= 0.6 is 0 Å². The third kappa shape index (κ3) is 4.36. The Morgan fingerprint density at radius 1 is 1.75 bits per heavy atom. The van der Waals surface area contributed by atoms with Gasteiger partial charge in [0.05, 0.1) is 0 Å². The first kappa shape index (κ1) is 8.20. The van der Waals surface area contributed by atoms with Gasteiger partial charge in [-0.1, -0.05) is 0 Å². The molecule has 0 atom stereocenters. The van der Waals surface area contributed by atoms with Crippen LogP contribution in [0.25, 0.3) is 0 Å². The van der Waals surface area contributed by atoms with Gasteiger partial charge in [-0.15, -0.1) is 0 Å². The summed E-state index contributed by atoms with van der Waals surface area (Å²) in [6.07, 6.45) is 0. The van der Waals surface area contributed by atoms with Gasteiger partial charge in [0.25, 0.3) is 0 Å². The van der Waals surface area contributed by atoms with Crippen molar-refractivity contribution in [2.45, 2.75) is 6.92 Å². The molecule has 0 amide bonds. The number of rotatable bonds is 3. The number of hydrogen-bond donors (Lipinski definition) is 0. The summed E-state index contributed by atoms with van der Waals surface area (Å²) in [4.78, 5) is 12.5. The second kappa shape index (κ2) is 5.34. The molecule has 0 rings (SSSR count). The summed E-state index contributed by atoms with van der Waals surface area (Å²) in [6.45, 7) is 2.34. The minimum absolute atomic E-state index is 0.0391. The minimum atomic E-state index is -0.0391. The van der Waals surface area contributed by atoms with E-state index in [-0.39, 0.29) is 27.2 Å². The average molecular weight is 229 g/mol. The quantitative estimate of drug-likeness (QED) is 0.298. The third-order valence-electron chi connectivity index (χ3n) is 0.548. The standard InChI is InChI=1S/C5H10IO2/c1-3-8-5(7)4-6-2/h3-4H2,1-2H3/q-1. The summed E-state index contributed by atoms with van der Waals surface area (Å²) >= 11 is 0.0801. The van der Waals surface area contributed by atoms with Crippen LogP contribution in [0.3, 0.4) is 0 Å². The van der Waals surface area contributed by atoms with Crippen molar-refractivity contribution in [2.75, 3.05) is 16.0 Å². The molecule has 0 bridgehead atoms. The van der Waals surface area contributed by atoms with E-state index >= 15 is 0 Å². The first-order chi connectivity index (χ1) is 3.81. The van der Waals surface area contributed by atoms with Gasteiger partial charge >= 0.3 is 59.6 Å². The van der Waals surface area contributed by atoms with E-state index in [0.717, 1.165) is 0 Å². The van der Waals surface area contributed by atoms with Gasteiger partial charge in [-0.2, -0.15) is 0 Å². The molecule has 0 aliphatic heterocycles. The summed E-state index contributed by atoms with van der Waals surface area (Å²) in [5, 5.41) is 0. The van der Waals surface area contributed by atoms with Crippen molar-refractivity contribution in [1.82, 2.24) is 0 Å². The number of alkyl halides is 2. The van der Waals surface area contributed by atoms with E-state index < -0.39 is 0 Å². The van der Waals surface area contributed by atoms with Crippen LogP contribution in [0.15, 0.2) is 0 Å². The van der Waals surface area contributed by atoms with Crippen LogP contribution in [-0.4, -0.2) is 21.9 Å². The van der Waals surface area contributed by atoms with Crippen LogP contribution in [0.4, 0.5) is 0 Å². The number of hydrogen-bond acceptors (Lipinski definition) is 2. The maximum absolute atomic E-state index is 10.4. The van der Waals surface area contributed by atoms with Gasteiger partial charge in [0.2, 0.25) is 0 Å². The summed E-state index contributed by atoms with van der Waals surface area (Å²) in [7, 11) is 0. The number of carbonyl (C=O) groups excluding carboxylic acids is 1. The van der Waals surface area contributed by atoms with Crippen LogP contribution in [0.2, 0.25) is 0 Å². The van der Waals surface area contributed by atoms with E-state index in [1.54, 1.807) is 0 Å². The van der Waals surface area contributed by atoms with E-state index in [4.69, 9.17) is 0 Å². The molecule has 2 nitrogen and oxygen atoms in total. The maximum atomic E-state index is 10.4. The fourth-order valence-electron chi connectivity index (χ4n) is 0.309. The number of ether oxygens (including phenoxy) is 1. The normalized spacial score (nSPS) is 9.25.